The van der Waals surface area contributed by atoms with E-state index >= 15 is 0 Å². The second-order valence-corrected chi connectivity index (χ2v) is 6.46. The standard InChI is InChI=1S/C15H21Cl2NO/c1-5-18-9-11(14(19)15(2,3)4)10-6-7-12(16)13(17)8-10/h6-8,11,18H,5,9H2,1-4H3/t11-/m1/s1. The van der Waals surface area contributed by atoms with Crippen molar-refractivity contribution in [3.05, 3.63) is 33.8 Å². The molecule has 0 saturated carbocycles. The van der Waals surface area contributed by atoms with Crippen molar-refractivity contribution in [2.75, 3.05) is 13.1 Å². The SMILES string of the molecule is CCNC[C@@H](C(=O)C(C)(C)C)c1ccc(Cl)c(Cl)c1. The first-order valence-electron chi connectivity index (χ1n) is 6.47. The predicted octanol–water partition coefficient (Wildman–Crippen LogP) is 4.30. The molecule has 0 radical (unpaired) electrons. The van der Waals surface area contributed by atoms with Crippen molar-refractivity contribution in [2.24, 2.45) is 5.41 Å². The van der Waals surface area contributed by atoms with Crippen LogP contribution in [0, 0.1) is 5.41 Å². The second-order valence-electron chi connectivity index (χ2n) is 5.65. The molecule has 0 aliphatic rings. The van der Waals surface area contributed by atoms with E-state index < -0.39 is 0 Å². The molecule has 1 rings (SSSR count). The highest BCUT2D eigenvalue weighted by atomic mass is 35.5. The first kappa shape index (κ1) is 16.5. The van der Waals surface area contributed by atoms with Gasteiger partial charge in [0, 0.05) is 12.0 Å². The summed E-state index contributed by atoms with van der Waals surface area (Å²) in [6.45, 7) is 9.27. The number of hydrogen-bond acceptors (Lipinski definition) is 2. The van der Waals surface area contributed by atoms with Gasteiger partial charge in [0.15, 0.2) is 0 Å². The lowest BCUT2D eigenvalue weighted by Crippen LogP contribution is -2.33. The maximum atomic E-state index is 12.6. The van der Waals surface area contributed by atoms with Crippen LogP contribution in [0.3, 0.4) is 0 Å². The molecule has 2 nitrogen and oxygen atoms in total. The number of hydrogen-bond donors (Lipinski definition) is 1. The highest BCUT2D eigenvalue weighted by molar-refractivity contribution is 6.42. The third kappa shape index (κ3) is 4.48. The van der Waals surface area contributed by atoms with Crippen LogP contribution in [-0.4, -0.2) is 18.9 Å². The summed E-state index contributed by atoms with van der Waals surface area (Å²) in [5.74, 6) is 0.00144. The van der Waals surface area contributed by atoms with Crippen molar-refractivity contribution in [3.63, 3.8) is 0 Å². The Morgan fingerprint density at radius 1 is 1.26 bits per heavy atom. The molecule has 0 aromatic heterocycles. The molecule has 0 aliphatic carbocycles. The molecule has 0 spiro atoms. The van der Waals surface area contributed by atoms with Crippen LogP contribution >= 0.6 is 23.2 Å². The lowest BCUT2D eigenvalue weighted by Gasteiger charge is -2.25. The summed E-state index contributed by atoms with van der Waals surface area (Å²) in [5.41, 5.74) is 0.530. The number of carbonyl (C=O) groups is 1. The summed E-state index contributed by atoms with van der Waals surface area (Å²) in [5, 5.41) is 4.24. The van der Waals surface area contributed by atoms with Gasteiger partial charge in [0.25, 0.3) is 0 Å². The van der Waals surface area contributed by atoms with Gasteiger partial charge in [-0.3, -0.25) is 4.79 Å². The average molecular weight is 302 g/mol. The molecular weight excluding hydrogens is 281 g/mol. The normalized spacial score (nSPS) is 13.4. The Kier molecular flexibility index (Phi) is 5.84. The Balaban J connectivity index is 3.09. The van der Waals surface area contributed by atoms with Crippen LogP contribution in [0.15, 0.2) is 18.2 Å². The molecule has 0 bridgehead atoms. The van der Waals surface area contributed by atoms with E-state index in [2.05, 4.69) is 5.32 Å². The summed E-state index contributed by atoms with van der Waals surface area (Å²) in [4.78, 5) is 12.6. The van der Waals surface area contributed by atoms with Crippen molar-refractivity contribution in [3.8, 4) is 0 Å². The zero-order valence-corrected chi connectivity index (χ0v) is 13.4. The fourth-order valence-electron chi connectivity index (χ4n) is 1.90. The first-order chi connectivity index (χ1) is 8.77. The Labute approximate surface area is 125 Å². The van der Waals surface area contributed by atoms with Crippen LogP contribution in [0.5, 0.6) is 0 Å². The minimum atomic E-state index is -0.383. The van der Waals surface area contributed by atoms with Gasteiger partial charge >= 0.3 is 0 Å². The first-order valence-corrected chi connectivity index (χ1v) is 7.23. The van der Waals surface area contributed by atoms with Crippen molar-refractivity contribution < 1.29 is 4.79 Å². The number of rotatable bonds is 5. The number of likely N-dealkylation sites (N-methyl/N-ethyl adjacent to an activating group) is 1. The van der Waals surface area contributed by atoms with Crippen LogP contribution in [0.4, 0.5) is 0 Å². The topological polar surface area (TPSA) is 29.1 Å². The van der Waals surface area contributed by atoms with Gasteiger partial charge < -0.3 is 5.32 Å². The van der Waals surface area contributed by atoms with E-state index in [4.69, 9.17) is 23.2 Å². The summed E-state index contributed by atoms with van der Waals surface area (Å²) >= 11 is 12.0. The van der Waals surface area contributed by atoms with Gasteiger partial charge in [0.1, 0.15) is 5.78 Å². The maximum Gasteiger partial charge on any atom is 0.146 e. The van der Waals surface area contributed by atoms with Gasteiger partial charge in [-0.05, 0) is 24.2 Å². The molecule has 1 N–H and O–H groups in total. The molecule has 0 amide bonds. The number of halogens is 2. The number of ketones is 1. The molecule has 0 aliphatic heterocycles. The third-order valence-electron chi connectivity index (χ3n) is 3.00. The van der Waals surface area contributed by atoms with Gasteiger partial charge in [-0.15, -0.1) is 0 Å². The molecule has 1 aromatic rings. The Morgan fingerprint density at radius 2 is 1.89 bits per heavy atom. The lowest BCUT2D eigenvalue weighted by molar-refractivity contribution is -0.127. The largest absolute Gasteiger partial charge is 0.316 e. The Morgan fingerprint density at radius 3 is 2.37 bits per heavy atom. The summed E-state index contributed by atoms with van der Waals surface area (Å²) in [6, 6.07) is 5.41. The molecule has 106 valence electrons. The quantitative estimate of drug-likeness (QED) is 0.878. The maximum absolute atomic E-state index is 12.6. The van der Waals surface area contributed by atoms with E-state index in [0.29, 0.717) is 16.6 Å². The van der Waals surface area contributed by atoms with Gasteiger partial charge in [0.05, 0.1) is 16.0 Å². The minimum absolute atomic E-state index is 0.199. The fraction of sp³-hybridized carbons (Fsp3) is 0.533. The van der Waals surface area contributed by atoms with Crippen molar-refractivity contribution >= 4 is 29.0 Å². The summed E-state index contributed by atoms with van der Waals surface area (Å²) in [6.07, 6.45) is 0. The number of Topliss-reactive ketones (excluding diaryl/α,β-unsaturated/α-hetero) is 1. The molecule has 0 unspecified atom stereocenters. The van der Waals surface area contributed by atoms with Crippen molar-refractivity contribution in [2.45, 2.75) is 33.6 Å². The summed E-state index contributed by atoms with van der Waals surface area (Å²) < 4.78 is 0. The highest BCUT2D eigenvalue weighted by Gasteiger charge is 2.30. The van der Waals surface area contributed by atoms with Crippen molar-refractivity contribution in [1.29, 1.82) is 0 Å². The Bertz CT molecular complexity index is 452. The minimum Gasteiger partial charge on any atom is -0.316 e. The zero-order chi connectivity index (χ0) is 14.6. The summed E-state index contributed by atoms with van der Waals surface area (Å²) in [7, 11) is 0. The highest BCUT2D eigenvalue weighted by Crippen LogP contribution is 2.31. The zero-order valence-electron chi connectivity index (χ0n) is 11.9. The fourth-order valence-corrected chi connectivity index (χ4v) is 2.21. The molecular formula is C15H21Cl2NO. The smallest absolute Gasteiger partial charge is 0.146 e. The van der Waals surface area contributed by atoms with Gasteiger partial charge in [-0.25, -0.2) is 0 Å². The number of nitrogens with one attached hydrogen (secondary N) is 1. The Hall–Kier alpha value is -0.570. The van der Waals surface area contributed by atoms with Gasteiger partial charge in [0.2, 0.25) is 0 Å². The van der Waals surface area contributed by atoms with E-state index in [9.17, 15) is 4.79 Å². The van der Waals surface area contributed by atoms with E-state index in [1.54, 1.807) is 12.1 Å². The van der Waals surface area contributed by atoms with Crippen LogP contribution in [0.2, 0.25) is 10.0 Å². The number of benzene rings is 1. The van der Waals surface area contributed by atoms with E-state index in [1.807, 2.05) is 33.8 Å². The average Bonchev–Trinajstić information content (AvgIpc) is 2.32. The van der Waals surface area contributed by atoms with Crippen LogP contribution < -0.4 is 5.32 Å². The molecule has 1 atom stereocenters. The van der Waals surface area contributed by atoms with E-state index in [-0.39, 0.29) is 17.1 Å². The van der Waals surface area contributed by atoms with Crippen molar-refractivity contribution in [1.82, 2.24) is 5.32 Å². The van der Waals surface area contributed by atoms with E-state index in [1.165, 1.54) is 0 Å². The molecule has 19 heavy (non-hydrogen) atoms. The lowest BCUT2D eigenvalue weighted by atomic mass is 9.80. The molecule has 0 heterocycles. The third-order valence-corrected chi connectivity index (χ3v) is 3.74. The van der Waals surface area contributed by atoms with Crippen LogP contribution in [0.25, 0.3) is 0 Å². The predicted molar refractivity (Wildman–Crippen MR) is 82.2 cm³/mol. The number of carbonyl (C=O) groups excluding carboxylic acids is 1. The van der Waals surface area contributed by atoms with Gasteiger partial charge in [-0.1, -0.05) is 57.0 Å². The van der Waals surface area contributed by atoms with Crippen LogP contribution in [-0.2, 0) is 4.79 Å². The monoisotopic (exact) mass is 301 g/mol. The molecule has 1 aromatic carbocycles. The van der Waals surface area contributed by atoms with Crippen LogP contribution in [0.1, 0.15) is 39.2 Å². The second kappa shape index (κ2) is 6.74. The molecule has 4 heteroatoms. The van der Waals surface area contributed by atoms with Gasteiger partial charge in [-0.2, -0.15) is 0 Å². The van der Waals surface area contributed by atoms with E-state index in [0.717, 1.165) is 12.1 Å². The molecule has 0 saturated heterocycles. The molecule has 0 fully saturated rings.